The molecule has 0 radical (unpaired) electrons. The van der Waals surface area contributed by atoms with Crippen molar-refractivity contribution >= 4 is 16.7 Å². The van der Waals surface area contributed by atoms with Gasteiger partial charge in [0.05, 0.1) is 17.5 Å². The Kier molecular flexibility index (Phi) is 5.43. The van der Waals surface area contributed by atoms with Gasteiger partial charge in [-0.3, -0.25) is 19.5 Å². The normalized spacial score (nSPS) is 15.1. The molecule has 1 aliphatic rings. The topological polar surface area (TPSA) is 82.2 Å². The number of rotatable bonds is 5. The van der Waals surface area contributed by atoms with Crippen LogP contribution in [-0.4, -0.2) is 63.6 Å². The number of benzene rings is 1. The van der Waals surface area contributed by atoms with E-state index in [0.717, 1.165) is 44.5 Å². The van der Waals surface area contributed by atoms with Crippen molar-refractivity contribution < 1.29 is 4.79 Å². The largest absolute Gasteiger partial charge is 0.340 e. The van der Waals surface area contributed by atoms with Crippen LogP contribution in [0.5, 0.6) is 0 Å². The first-order valence-corrected chi connectivity index (χ1v) is 9.56. The molecule has 28 heavy (non-hydrogen) atoms. The van der Waals surface area contributed by atoms with Gasteiger partial charge in [-0.05, 0) is 30.2 Å². The van der Waals surface area contributed by atoms with Crippen LogP contribution in [0.1, 0.15) is 11.3 Å². The van der Waals surface area contributed by atoms with Crippen LogP contribution in [0.15, 0.2) is 53.6 Å². The lowest BCUT2D eigenvalue weighted by Crippen LogP contribution is -2.49. The third-order valence-corrected chi connectivity index (χ3v) is 5.28. The van der Waals surface area contributed by atoms with Crippen LogP contribution in [0.2, 0.25) is 0 Å². The second-order valence-corrected chi connectivity index (χ2v) is 7.05. The molecule has 1 amide bonds. The Morgan fingerprint density at radius 1 is 1.00 bits per heavy atom. The first-order chi connectivity index (χ1) is 13.7. The molecule has 0 unspecified atom stereocenters. The number of hydrogen-bond acceptors (Lipinski definition) is 5. The van der Waals surface area contributed by atoms with Crippen molar-refractivity contribution in [3.05, 3.63) is 70.4 Å². The molecule has 1 N–H and O–H groups in total. The maximum atomic E-state index is 12.8. The average molecular weight is 377 g/mol. The van der Waals surface area contributed by atoms with Gasteiger partial charge in [0.25, 0.3) is 5.56 Å². The lowest BCUT2D eigenvalue weighted by atomic mass is 10.1. The molecule has 1 aromatic carbocycles. The minimum absolute atomic E-state index is 0.0542. The molecule has 0 bridgehead atoms. The summed E-state index contributed by atoms with van der Waals surface area (Å²) in [5.41, 5.74) is 1.68. The third-order valence-electron chi connectivity index (χ3n) is 5.28. The van der Waals surface area contributed by atoms with Crippen LogP contribution < -0.4 is 5.56 Å². The zero-order valence-electron chi connectivity index (χ0n) is 15.7. The fraction of sp³-hybridized carbons (Fsp3) is 0.333. The Balaban J connectivity index is 1.33. The predicted molar refractivity (Wildman–Crippen MR) is 107 cm³/mol. The van der Waals surface area contributed by atoms with E-state index >= 15 is 0 Å². The van der Waals surface area contributed by atoms with Crippen molar-refractivity contribution in [1.82, 2.24) is 25.0 Å². The van der Waals surface area contributed by atoms with E-state index in [1.54, 1.807) is 6.07 Å². The molecule has 7 nitrogen and oxygen atoms in total. The predicted octanol–water partition coefficient (Wildman–Crippen LogP) is 1.25. The van der Waals surface area contributed by atoms with Crippen LogP contribution in [-0.2, 0) is 17.6 Å². The molecule has 3 heterocycles. The smallest absolute Gasteiger partial charge is 0.272 e. The van der Waals surface area contributed by atoms with Crippen molar-refractivity contribution in [1.29, 1.82) is 0 Å². The zero-order valence-corrected chi connectivity index (χ0v) is 15.7. The summed E-state index contributed by atoms with van der Waals surface area (Å²) in [5.74, 6) is 0.0542. The van der Waals surface area contributed by atoms with E-state index in [9.17, 15) is 9.59 Å². The highest BCUT2D eigenvalue weighted by Gasteiger charge is 2.22. The second kappa shape index (κ2) is 8.31. The molecule has 3 aromatic rings. The van der Waals surface area contributed by atoms with E-state index < -0.39 is 0 Å². The third kappa shape index (κ3) is 4.09. The average Bonchev–Trinajstić information content (AvgIpc) is 2.75. The van der Waals surface area contributed by atoms with Gasteiger partial charge in [0, 0.05) is 50.5 Å². The fourth-order valence-electron chi connectivity index (χ4n) is 3.62. The summed E-state index contributed by atoms with van der Waals surface area (Å²) in [6.07, 6.45) is 4.83. The Morgan fingerprint density at radius 3 is 2.46 bits per heavy atom. The van der Waals surface area contributed by atoms with E-state index in [0.29, 0.717) is 11.1 Å². The standard InChI is InChI=1S/C21H23N5O2/c27-20(15-19-17-3-1-2-4-18(17)21(28)24-23-19)26-13-11-25(12-14-26)10-7-16-5-8-22-9-6-16/h1-6,8-9H,7,10-15H2,(H,24,28). The van der Waals surface area contributed by atoms with Crippen LogP contribution >= 0.6 is 0 Å². The molecule has 7 heteroatoms. The Morgan fingerprint density at radius 2 is 1.71 bits per heavy atom. The zero-order chi connectivity index (χ0) is 19.3. The van der Waals surface area contributed by atoms with Crippen LogP contribution in [0.4, 0.5) is 0 Å². The summed E-state index contributed by atoms with van der Waals surface area (Å²) in [5, 5.41) is 7.94. The summed E-state index contributed by atoms with van der Waals surface area (Å²) < 4.78 is 0. The molecule has 0 atom stereocenters. The number of nitrogens with zero attached hydrogens (tertiary/aromatic N) is 4. The molecular weight excluding hydrogens is 354 g/mol. The second-order valence-electron chi connectivity index (χ2n) is 7.05. The van der Waals surface area contributed by atoms with Gasteiger partial charge in [-0.25, -0.2) is 5.10 Å². The van der Waals surface area contributed by atoms with Crippen molar-refractivity contribution in [2.75, 3.05) is 32.7 Å². The van der Waals surface area contributed by atoms with Gasteiger partial charge in [-0.1, -0.05) is 18.2 Å². The number of aromatic amines is 1. The summed E-state index contributed by atoms with van der Waals surface area (Å²) in [4.78, 5) is 33.0. The molecule has 1 aliphatic heterocycles. The molecular formula is C21H23N5O2. The number of carbonyl (C=O) groups is 1. The van der Waals surface area contributed by atoms with Gasteiger partial charge in [-0.15, -0.1) is 0 Å². The molecule has 1 saturated heterocycles. The molecule has 0 saturated carbocycles. The van der Waals surface area contributed by atoms with Crippen LogP contribution in [0.25, 0.3) is 10.8 Å². The summed E-state index contributed by atoms with van der Waals surface area (Å²) in [6, 6.07) is 11.4. The monoisotopic (exact) mass is 377 g/mol. The highest BCUT2D eigenvalue weighted by molar-refractivity contribution is 5.88. The van der Waals surface area contributed by atoms with Gasteiger partial charge < -0.3 is 4.90 Å². The molecule has 0 aliphatic carbocycles. The fourth-order valence-corrected chi connectivity index (χ4v) is 3.62. The Bertz CT molecular complexity index is 1010. The number of aromatic nitrogens is 3. The van der Waals surface area contributed by atoms with Gasteiger partial charge in [-0.2, -0.15) is 5.10 Å². The SMILES string of the molecule is O=C(Cc1n[nH]c(=O)c2ccccc12)N1CCN(CCc2ccncc2)CC1. The van der Waals surface area contributed by atoms with E-state index in [2.05, 4.69) is 20.1 Å². The maximum absolute atomic E-state index is 12.8. The van der Waals surface area contributed by atoms with E-state index in [4.69, 9.17) is 0 Å². The van der Waals surface area contributed by atoms with Gasteiger partial charge in [0.1, 0.15) is 0 Å². The van der Waals surface area contributed by atoms with Gasteiger partial charge in [0.2, 0.25) is 5.91 Å². The molecule has 144 valence electrons. The highest BCUT2D eigenvalue weighted by atomic mass is 16.2. The number of hydrogen-bond donors (Lipinski definition) is 1. The number of nitrogens with one attached hydrogen (secondary N) is 1. The van der Waals surface area contributed by atoms with Crippen molar-refractivity contribution in [3.8, 4) is 0 Å². The van der Waals surface area contributed by atoms with E-state index in [1.807, 2.05) is 47.6 Å². The number of pyridine rings is 1. The van der Waals surface area contributed by atoms with Crippen molar-refractivity contribution in [2.45, 2.75) is 12.8 Å². The quantitative estimate of drug-likeness (QED) is 0.724. The first-order valence-electron chi connectivity index (χ1n) is 9.56. The molecule has 1 fully saturated rings. The van der Waals surface area contributed by atoms with E-state index in [-0.39, 0.29) is 17.9 Å². The lowest BCUT2D eigenvalue weighted by Gasteiger charge is -2.34. The number of amides is 1. The van der Waals surface area contributed by atoms with Gasteiger partial charge >= 0.3 is 0 Å². The van der Waals surface area contributed by atoms with Crippen LogP contribution in [0, 0.1) is 0 Å². The molecule has 4 rings (SSSR count). The van der Waals surface area contributed by atoms with Crippen molar-refractivity contribution in [2.24, 2.45) is 0 Å². The first kappa shape index (κ1) is 18.3. The van der Waals surface area contributed by atoms with E-state index in [1.165, 1.54) is 5.56 Å². The maximum Gasteiger partial charge on any atom is 0.272 e. The summed E-state index contributed by atoms with van der Waals surface area (Å²) in [7, 11) is 0. The Hall–Kier alpha value is -3.06. The van der Waals surface area contributed by atoms with Crippen LogP contribution in [0.3, 0.4) is 0 Å². The highest BCUT2D eigenvalue weighted by Crippen LogP contribution is 2.14. The lowest BCUT2D eigenvalue weighted by molar-refractivity contribution is -0.132. The number of carbonyl (C=O) groups excluding carboxylic acids is 1. The minimum Gasteiger partial charge on any atom is -0.340 e. The minimum atomic E-state index is -0.227. The van der Waals surface area contributed by atoms with Gasteiger partial charge in [0.15, 0.2) is 0 Å². The number of fused-ring (bicyclic) bond motifs is 1. The van der Waals surface area contributed by atoms with Crippen molar-refractivity contribution in [3.63, 3.8) is 0 Å². The summed E-state index contributed by atoms with van der Waals surface area (Å²) >= 11 is 0. The Labute approximate surface area is 163 Å². The molecule has 2 aromatic heterocycles. The number of piperazine rings is 1. The number of H-pyrrole nitrogens is 1. The summed E-state index contributed by atoms with van der Waals surface area (Å²) in [6.45, 7) is 4.17. The molecule has 0 spiro atoms.